The molecule has 0 fully saturated rings. The summed E-state index contributed by atoms with van der Waals surface area (Å²) in [4.78, 5) is 0. The molecule has 0 aromatic heterocycles. The van der Waals surface area contributed by atoms with Crippen molar-refractivity contribution in [2.24, 2.45) is 5.92 Å². The van der Waals surface area contributed by atoms with Crippen molar-refractivity contribution in [3.8, 4) is 5.75 Å². The van der Waals surface area contributed by atoms with Crippen molar-refractivity contribution in [2.45, 2.75) is 46.7 Å². The molecule has 1 aromatic carbocycles. The first-order valence-electron chi connectivity index (χ1n) is 6.48. The first-order chi connectivity index (χ1) is 7.99. The van der Waals surface area contributed by atoms with Gasteiger partial charge in [-0.2, -0.15) is 0 Å². The van der Waals surface area contributed by atoms with Crippen molar-refractivity contribution in [1.29, 1.82) is 0 Å². The van der Waals surface area contributed by atoms with Gasteiger partial charge < -0.3 is 10.1 Å². The molecular formula is C15H25NO. The zero-order valence-corrected chi connectivity index (χ0v) is 11.7. The van der Waals surface area contributed by atoms with E-state index in [9.17, 15) is 0 Å². The number of hydrogen-bond acceptors (Lipinski definition) is 2. The molecule has 0 heterocycles. The molecule has 2 heteroatoms. The summed E-state index contributed by atoms with van der Waals surface area (Å²) in [5.41, 5.74) is 1.28. The molecule has 1 atom stereocenters. The molecular weight excluding hydrogens is 210 g/mol. The van der Waals surface area contributed by atoms with Crippen molar-refractivity contribution in [1.82, 2.24) is 5.32 Å². The van der Waals surface area contributed by atoms with Gasteiger partial charge in [0.1, 0.15) is 5.75 Å². The Morgan fingerprint density at radius 2 is 1.82 bits per heavy atom. The van der Waals surface area contributed by atoms with Crippen LogP contribution in [0.15, 0.2) is 24.3 Å². The molecule has 0 spiro atoms. The molecule has 0 aliphatic rings. The predicted molar refractivity (Wildman–Crippen MR) is 73.5 cm³/mol. The van der Waals surface area contributed by atoms with Crippen LogP contribution in [-0.4, -0.2) is 12.6 Å². The minimum absolute atomic E-state index is 0.359. The smallest absolute Gasteiger partial charge is 0.119 e. The number of nitrogens with one attached hydrogen (secondary N) is 1. The molecule has 96 valence electrons. The van der Waals surface area contributed by atoms with E-state index in [1.807, 2.05) is 6.07 Å². The zero-order chi connectivity index (χ0) is 12.8. The van der Waals surface area contributed by atoms with Crippen LogP contribution in [0.5, 0.6) is 5.75 Å². The van der Waals surface area contributed by atoms with E-state index in [4.69, 9.17) is 4.74 Å². The van der Waals surface area contributed by atoms with Crippen LogP contribution in [0.4, 0.5) is 0 Å². The molecule has 0 saturated heterocycles. The third-order valence-corrected chi connectivity index (χ3v) is 2.52. The van der Waals surface area contributed by atoms with E-state index in [1.54, 1.807) is 0 Å². The largest absolute Gasteiger partial charge is 0.493 e. The molecule has 0 aliphatic carbocycles. The van der Waals surface area contributed by atoms with E-state index < -0.39 is 0 Å². The third kappa shape index (κ3) is 5.22. The summed E-state index contributed by atoms with van der Waals surface area (Å²) in [5, 5.41) is 3.50. The van der Waals surface area contributed by atoms with Crippen LogP contribution in [-0.2, 0) is 0 Å². The van der Waals surface area contributed by atoms with Crippen molar-refractivity contribution >= 4 is 0 Å². The number of rotatable bonds is 6. The maximum absolute atomic E-state index is 5.74. The lowest BCUT2D eigenvalue weighted by molar-refractivity contribution is 0.270. The van der Waals surface area contributed by atoms with Crippen LogP contribution in [0.25, 0.3) is 0 Å². The van der Waals surface area contributed by atoms with Gasteiger partial charge in [-0.1, -0.05) is 39.8 Å². The van der Waals surface area contributed by atoms with Crippen LogP contribution >= 0.6 is 0 Å². The maximum Gasteiger partial charge on any atom is 0.119 e. The van der Waals surface area contributed by atoms with Gasteiger partial charge in [0.15, 0.2) is 0 Å². The molecule has 0 amide bonds. The Morgan fingerprint density at radius 3 is 2.41 bits per heavy atom. The second-order valence-electron chi connectivity index (χ2n) is 5.32. The zero-order valence-electron chi connectivity index (χ0n) is 11.7. The maximum atomic E-state index is 5.74. The Bertz CT molecular complexity index is 333. The van der Waals surface area contributed by atoms with Gasteiger partial charge in [-0.3, -0.25) is 0 Å². The van der Waals surface area contributed by atoms with Crippen LogP contribution in [0.3, 0.4) is 0 Å². The van der Waals surface area contributed by atoms with E-state index in [1.165, 1.54) is 5.56 Å². The highest BCUT2D eigenvalue weighted by Crippen LogP contribution is 2.19. The van der Waals surface area contributed by atoms with Gasteiger partial charge in [0.05, 0.1) is 6.61 Å². The molecule has 0 aliphatic heterocycles. The van der Waals surface area contributed by atoms with Crippen molar-refractivity contribution < 1.29 is 4.74 Å². The minimum Gasteiger partial charge on any atom is -0.493 e. The van der Waals surface area contributed by atoms with E-state index >= 15 is 0 Å². The molecule has 0 unspecified atom stereocenters. The lowest BCUT2D eigenvalue weighted by Crippen LogP contribution is -2.26. The van der Waals surface area contributed by atoms with E-state index in [0.29, 0.717) is 18.0 Å². The first kappa shape index (κ1) is 14.0. The second kappa shape index (κ2) is 6.65. The van der Waals surface area contributed by atoms with Gasteiger partial charge in [0.2, 0.25) is 0 Å². The summed E-state index contributed by atoms with van der Waals surface area (Å²) in [6.45, 7) is 11.6. The molecule has 17 heavy (non-hydrogen) atoms. The Hall–Kier alpha value is -1.02. The molecule has 0 saturated carbocycles. The summed E-state index contributed by atoms with van der Waals surface area (Å²) >= 11 is 0. The number of hydrogen-bond donors (Lipinski definition) is 1. The van der Waals surface area contributed by atoms with Crippen molar-refractivity contribution in [2.75, 3.05) is 6.61 Å². The lowest BCUT2D eigenvalue weighted by Gasteiger charge is -2.18. The van der Waals surface area contributed by atoms with Crippen LogP contribution in [0, 0.1) is 5.92 Å². The number of ether oxygens (including phenoxy) is 1. The summed E-state index contributed by atoms with van der Waals surface area (Å²) in [5.74, 6) is 1.53. The lowest BCUT2D eigenvalue weighted by atomic mass is 10.1. The summed E-state index contributed by atoms with van der Waals surface area (Å²) in [7, 11) is 0. The summed E-state index contributed by atoms with van der Waals surface area (Å²) in [6, 6.07) is 9.20. The van der Waals surface area contributed by atoms with Gasteiger partial charge in [-0.15, -0.1) is 0 Å². The second-order valence-corrected chi connectivity index (χ2v) is 5.32. The number of benzene rings is 1. The Kier molecular flexibility index (Phi) is 5.49. The molecule has 1 rings (SSSR count). The fraction of sp³-hybridized carbons (Fsp3) is 0.600. The molecule has 1 N–H and O–H groups in total. The molecule has 2 nitrogen and oxygen atoms in total. The van der Waals surface area contributed by atoms with Crippen molar-refractivity contribution in [3.63, 3.8) is 0 Å². The molecule has 0 bridgehead atoms. The van der Waals surface area contributed by atoms with Crippen LogP contribution < -0.4 is 10.1 Å². The fourth-order valence-corrected chi connectivity index (χ4v) is 1.73. The molecule has 0 radical (unpaired) electrons. The fourth-order valence-electron chi connectivity index (χ4n) is 1.73. The van der Waals surface area contributed by atoms with Gasteiger partial charge in [0.25, 0.3) is 0 Å². The van der Waals surface area contributed by atoms with Gasteiger partial charge in [-0.25, -0.2) is 0 Å². The highest BCUT2D eigenvalue weighted by Gasteiger charge is 2.07. The Balaban J connectivity index is 2.64. The SMILES string of the molecule is CC(C)COc1cccc([C@@H](C)NC(C)C)c1. The average molecular weight is 235 g/mol. The van der Waals surface area contributed by atoms with E-state index in [0.717, 1.165) is 12.4 Å². The predicted octanol–water partition coefficient (Wildman–Crippen LogP) is 3.78. The highest BCUT2D eigenvalue weighted by molar-refractivity contribution is 5.30. The van der Waals surface area contributed by atoms with Gasteiger partial charge in [-0.05, 0) is 30.5 Å². The first-order valence-corrected chi connectivity index (χ1v) is 6.48. The topological polar surface area (TPSA) is 21.3 Å². The molecule has 1 aromatic rings. The van der Waals surface area contributed by atoms with Crippen LogP contribution in [0.1, 0.15) is 46.2 Å². The Labute approximate surface area is 105 Å². The van der Waals surface area contributed by atoms with Gasteiger partial charge >= 0.3 is 0 Å². The Morgan fingerprint density at radius 1 is 1.12 bits per heavy atom. The highest BCUT2D eigenvalue weighted by atomic mass is 16.5. The van der Waals surface area contributed by atoms with Gasteiger partial charge in [0, 0.05) is 12.1 Å². The summed E-state index contributed by atoms with van der Waals surface area (Å²) in [6.07, 6.45) is 0. The third-order valence-electron chi connectivity index (χ3n) is 2.52. The normalized spacial score (nSPS) is 13.1. The van der Waals surface area contributed by atoms with Crippen LogP contribution in [0.2, 0.25) is 0 Å². The van der Waals surface area contributed by atoms with Crippen molar-refractivity contribution in [3.05, 3.63) is 29.8 Å². The monoisotopic (exact) mass is 235 g/mol. The van der Waals surface area contributed by atoms with E-state index in [2.05, 4.69) is 58.1 Å². The van der Waals surface area contributed by atoms with E-state index in [-0.39, 0.29) is 0 Å². The quantitative estimate of drug-likeness (QED) is 0.810. The standard InChI is InChI=1S/C15H25NO/c1-11(2)10-17-15-8-6-7-14(9-15)13(5)16-12(3)4/h6-9,11-13,16H,10H2,1-5H3/t13-/m1/s1. The summed E-state index contributed by atoms with van der Waals surface area (Å²) < 4.78 is 5.74. The average Bonchev–Trinajstić information content (AvgIpc) is 2.26. The minimum atomic E-state index is 0.359.